The Bertz CT molecular complexity index is 905. The fraction of sp³-hybridized carbons (Fsp3) is 0.524. The molecule has 0 aliphatic carbocycles. The monoisotopic (exact) mass is 437 g/mol. The van der Waals surface area contributed by atoms with Crippen LogP contribution in [0.15, 0.2) is 35.2 Å². The molecule has 0 saturated carbocycles. The average molecular weight is 438 g/mol. The highest BCUT2D eigenvalue weighted by atomic mass is 32.2. The molecule has 0 radical (unpaired) electrons. The van der Waals surface area contributed by atoms with Crippen LogP contribution in [0.1, 0.15) is 37.0 Å². The Morgan fingerprint density at radius 1 is 1.20 bits per heavy atom. The van der Waals surface area contributed by atoms with Crippen molar-refractivity contribution < 1.29 is 22.7 Å². The van der Waals surface area contributed by atoms with E-state index in [0.29, 0.717) is 18.8 Å². The first-order chi connectivity index (χ1) is 14.1. The molecule has 9 heteroatoms. The number of hydrogen-bond donors (Lipinski definition) is 0. The van der Waals surface area contributed by atoms with Crippen molar-refractivity contribution in [1.29, 1.82) is 0 Å². The van der Waals surface area contributed by atoms with Crippen molar-refractivity contribution in [1.82, 2.24) is 9.21 Å². The predicted molar refractivity (Wildman–Crippen MR) is 116 cm³/mol. The highest BCUT2D eigenvalue weighted by molar-refractivity contribution is 7.89. The number of nitrogens with zero attached hydrogens (tertiary/aromatic N) is 3. The largest absolute Gasteiger partial charge is 0.452 e. The summed E-state index contributed by atoms with van der Waals surface area (Å²) >= 11 is 0. The summed E-state index contributed by atoms with van der Waals surface area (Å²) in [5.41, 5.74) is 1.60. The zero-order chi connectivity index (χ0) is 22.5. The zero-order valence-corrected chi connectivity index (χ0v) is 19.0. The summed E-state index contributed by atoms with van der Waals surface area (Å²) in [6.45, 7) is 9.47. The van der Waals surface area contributed by atoms with Gasteiger partial charge in [-0.05, 0) is 44.9 Å². The molecule has 1 fully saturated rings. The summed E-state index contributed by atoms with van der Waals surface area (Å²) in [6, 6.07) is 4.47. The van der Waals surface area contributed by atoms with E-state index >= 15 is 0 Å². The smallest absolute Gasteiger partial charge is 0.340 e. The third-order valence-electron chi connectivity index (χ3n) is 4.94. The van der Waals surface area contributed by atoms with Gasteiger partial charge in [0, 0.05) is 40.3 Å². The minimum atomic E-state index is -3.71. The molecule has 1 aliphatic rings. The van der Waals surface area contributed by atoms with Gasteiger partial charge in [-0.1, -0.05) is 12.2 Å². The van der Waals surface area contributed by atoms with Crippen LogP contribution in [0.4, 0.5) is 5.69 Å². The van der Waals surface area contributed by atoms with Crippen LogP contribution < -0.4 is 4.90 Å². The van der Waals surface area contributed by atoms with Crippen molar-refractivity contribution in [3.05, 3.63) is 35.9 Å². The van der Waals surface area contributed by atoms with Crippen LogP contribution in [0, 0.1) is 0 Å². The van der Waals surface area contributed by atoms with E-state index in [-0.39, 0.29) is 16.4 Å². The maximum atomic E-state index is 12.9. The third kappa shape index (κ3) is 5.60. The molecule has 8 nitrogen and oxygen atoms in total. The van der Waals surface area contributed by atoms with Gasteiger partial charge in [0.05, 0.1) is 16.1 Å². The van der Waals surface area contributed by atoms with E-state index in [1.54, 1.807) is 11.0 Å². The first-order valence-corrected chi connectivity index (χ1v) is 11.4. The van der Waals surface area contributed by atoms with Crippen LogP contribution in [-0.2, 0) is 19.6 Å². The number of anilines is 1. The van der Waals surface area contributed by atoms with Crippen molar-refractivity contribution >= 4 is 27.6 Å². The lowest BCUT2D eigenvalue weighted by molar-refractivity contribution is -0.133. The summed E-state index contributed by atoms with van der Waals surface area (Å²) in [5, 5.41) is 0. The van der Waals surface area contributed by atoms with Crippen molar-refractivity contribution in [2.24, 2.45) is 0 Å². The summed E-state index contributed by atoms with van der Waals surface area (Å²) in [6.07, 6.45) is 1.99. The zero-order valence-electron chi connectivity index (χ0n) is 18.2. The van der Waals surface area contributed by atoms with E-state index in [2.05, 4.69) is 6.58 Å². The maximum absolute atomic E-state index is 12.9. The molecule has 1 amide bonds. The predicted octanol–water partition coefficient (Wildman–Crippen LogP) is 2.12. The Morgan fingerprint density at radius 3 is 2.37 bits per heavy atom. The first-order valence-electron chi connectivity index (χ1n) is 9.98. The SMILES string of the molecule is C=C(C)CN(CC)C(=O)COC(=O)c1cc(S(=O)(=O)N(C)C)ccc1N1CCCC1. The summed E-state index contributed by atoms with van der Waals surface area (Å²) < 4.78 is 31.4. The molecule has 1 aromatic carbocycles. The Hall–Kier alpha value is -2.39. The Labute approximate surface area is 179 Å². The maximum Gasteiger partial charge on any atom is 0.340 e. The lowest BCUT2D eigenvalue weighted by Gasteiger charge is -2.23. The molecule has 0 atom stereocenters. The first kappa shape index (κ1) is 23.9. The fourth-order valence-electron chi connectivity index (χ4n) is 3.28. The van der Waals surface area contributed by atoms with Crippen molar-refractivity contribution in [3.63, 3.8) is 0 Å². The van der Waals surface area contributed by atoms with E-state index in [1.165, 1.54) is 26.2 Å². The molecule has 1 aliphatic heterocycles. The van der Waals surface area contributed by atoms with Crippen LogP contribution >= 0.6 is 0 Å². The number of esters is 1. The quantitative estimate of drug-likeness (QED) is 0.434. The summed E-state index contributed by atoms with van der Waals surface area (Å²) in [4.78, 5) is 28.8. The molecule has 1 aromatic rings. The number of hydrogen-bond acceptors (Lipinski definition) is 6. The lowest BCUT2D eigenvalue weighted by atomic mass is 10.1. The van der Waals surface area contributed by atoms with Gasteiger partial charge in [0.2, 0.25) is 10.0 Å². The van der Waals surface area contributed by atoms with Crippen LogP contribution in [0.2, 0.25) is 0 Å². The van der Waals surface area contributed by atoms with Gasteiger partial charge in [-0.15, -0.1) is 0 Å². The lowest BCUT2D eigenvalue weighted by Crippen LogP contribution is -2.35. The number of likely N-dealkylation sites (N-methyl/N-ethyl adjacent to an activating group) is 1. The minimum Gasteiger partial charge on any atom is -0.452 e. The number of benzene rings is 1. The number of carbonyl (C=O) groups is 2. The second kappa shape index (κ2) is 10.1. The van der Waals surface area contributed by atoms with Gasteiger partial charge in [0.1, 0.15) is 0 Å². The van der Waals surface area contributed by atoms with Gasteiger partial charge < -0.3 is 14.5 Å². The number of rotatable bonds is 9. The molecule has 0 N–H and O–H groups in total. The summed E-state index contributed by atoms with van der Waals surface area (Å²) in [5.74, 6) is -1.04. The summed E-state index contributed by atoms with van der Waals surface area (Å²) in [7, 11) is -0.849. The van der Waals surface area contributed by atoms with Crippen LogP contribution in [0.3, 0.4) is 0 Å². The number of carbonyl (C=O) groups excluding carboxylic acids is 2. The van der Waals surface area contributed by atoms with Crippen LogP contribution in [0.5, 0.6) is 0 Å². The third-order valence-corrected chi connectivity index (χ3v) is 6.75. The molecule has 1 heterocycles. The second-order valence-electron chi connectivity index (χ2n) is 7.60. The Balaban J connectivity index is 2.28. The molecule has 166 valence electrons. The molecule has 30 heavy (non-hydrogen) atoms. The number of ether oxygens (including phenoxy) is 1. The standard InChI is InChI=1S/C21H31N3O5S/c1-6-23(14-16(2)3)20(25)15-29-21(26)18-13-17(30(27,28)22(4)5)9-10-19(18)24-11-7-8-12-24/h9-10,13H,2,6-8,11-12,14-15H2,1,3-5H3. The van der Waals surface area contributed by atoms with Gasteiger partial charge in [-0.3, -0.25) is 4.79 Å². The molecule has 0 unspecified atom stereocenters. The minimum absolute atomic E-state index is 0.00573. The van der Waals surface area contributed by atoms with E-state index in [1.807, 2.05) is 18.7 Å². The number of amides is 1. The van der Waals surface area contributed by atoms with Crippen molar-refractivity contribution in [2.45, 2.75) is 31.6 Å². The molecule has 1 saturated heterocycles. The Kier molecular flexibility index (Phi) is 8.03. The topological polar surface area (TPSA) is 87.2 Å². The van der Waals surface area contributed by atoms with E-state index < -0.39 is 22.6 Å². The molecular formula is C21H31N3O5S. The number of sulfonamides is 1. The molecule has 0 aromatic heterocycles. The highest BCUT2D eigenvalue weighted by Crippen LogP contribution is 2.28. The van der Waals surface area contributed by atoms with E-state index in [4.69, 9.17) is 4.74 Å². The second-order valence-corrected chi connectivity index (χ2v) is 9.75. The van der Waals surface area contributed by atoms with Gasteiger partial charge >= 0.3 is 5.97 Å². The average Bonchev–Trinajstić information content (AvgIpc) is 3.23. The van der Waals surface area contributed by atoms with Gasteiger partial charge in [0.25, 0.3) is 5.91 Å². The van der Waals surface area contributed by atoms with Crippen LogP contribution in [0.25, 0.3) is 0 Å². The van der Waals surface area contributed by atoms with Gasteiger partial charge in [-0.2, -0.15) is 0 Å². The van der Waals surface area contributed by atoms with Gasteiger partial charge in [-0.25, -0.2) is 17.5 Å². The normalized spacial score (nSPS) is 14.1. The molecule has 2 rings (SSSR count). The van der Waals surface area contributed by atoms with Crippen molar-refractivity contribution in [2.75, 3.05) is 51.8 Å². The van der Waals surface area contributed by atoms with Crippen LogP contribution in [-0.4, -0.2) is 76.4 Å². The van der Waals surface area contributed by atoms with E-state index in [0.717, 1.165) is 35.8 Å². The van der Waals surface area contributed by atoms with E-state index in [9.17, 15) is 18.0 Å². The van der Waals surface area contributed by atoms with Crippen molar-refractivity contribution in [3.8, 4) is 0 Å². The highest BCUT2D eigenvalue weighted by Gasteiger charge is 2.26. The molecule has 0 spiro atoms. The van der Waals surface area contributed by atoms with Gasteiger partial charge in [0.15, 0.2) is 6.61 Å². The fourth-order valence-corrected chi connectivity index (χ4v) is 4.21. The molecular weight excluding hydrogens is 406 g/mol. The Morgan fingerprint density at radius 2 is 1.83 bits per heavy atom. The molecule has 0 bridgehead atoms.